The number of rotatable bonds is 3. The van der Waals surface area contributed by atoms with Gasteiger partial charge in [-0.2, -0.15) is 12.7 Å². The third-order valence-corrected chi connectivity index (χ3v) is 5.41. The topological polar surface area (TPSA) is 66.6 Å². The van der Waals surface area contributed by atoms with Gasteiger partial charge in [0.15, 0.2) is 0 Å². The number of nitrogen functional groups attached to an aromatic ring is 1. The summed E-state index contributed by atoms with van der Waals surface area (Å²) in [5.41, 5.74) is 8.13. The minimum Gasteiger partial charge on any atom is -0.399 e. The summed E-state index contributed by atoms with van der Waals surface area (Å²) >= 11 is 0. The second kappa shape index (κ2) is 4.44. The molecule has 1 aromatic carbocycles. The number of fused-ring (bicyclic) bond motifs is 1. The molecule has 1 aliphatic rings. The Kier molecular flexibility index (Phi) is 3.25. The molecule has 1 aliphatic heterocycles. The van der Waals surface area contributed by atoms with Crippen LogP contribution in [0.4, 0.5) is 11.4 Å². The van der Waals surface area contributed by atoms with E-state index in [-0.39, 0.29) is 6.04 Å². The molecule has 1 heterocycles. The summed E-state index contributed by atoms with van der Waals surface area (Å²) in [7, 11) is -1.83. The second-order valence-corrected chi connectivity index (χ2v) is 6.74. The molecule has 0 aliphatic carbocycles. The highest BCUT2D eigenvalue weighted by Crippen LogP contribution is 2.32. The molecule has 1 aromatic rings. The van der Waals surface area contributed by atoms with Gasteiger partial charge in [0.05, 0.1) is 5.69 Å². The molecule has 0 amide bonds. The van der Waals surface area contributed by atoms with Crippen molar-refractivity contribution in [1.82, 2.24) is 4.31 Å². The van der Waals surface area contributed by atoms with Crippen LogP contribution in [0, 0.1) is 0 Å². The molecule has 0 aromatic heterocycles. The fraction of sp³-hybridized carbons (Fsp3) is 0.500. The van der Waals surface area contributed by atoms with Gasteiger partial charge in [-0.1, -0.05) is 0 Å². The number of nitrogens with two attached hydrogens (primary N) is 1. The lowest BCUT2D eigenvalue weighted by molar-refractivity contribution is 0.408. The van der Waals surface area contributed by atoms with Crippen LogP contribution < -0.4 is 10.0 Å². The highest BCUT2D eigenvalue weighted by Gasteiger charge is 2.33. The lowest BCUT2D eigenvalue weighted by Crippen LogP contribution is -2.44. The van der Waals surface area contributed by atoms with Crippen molar-refractivity contribution in [3.63, 3.8) is 0 Å². The third kappa shape index (κ3) is 2.06. The second-order valence-electron chi connectivity index (χ2n) is 4.83. The molecule has 100 valence electrons. The minimum atomic E-state index is -3.44. The van der Waals surface area contributed by atoms with E-state index in [2.05, 4.69) is 0 Å². The number of benzene rings is 1. The van der Waals surface area contributed by atoms with Gasteiger partial charge in [0, 0.05) is 25.3 Å². The maximum Gasteiger partial charge on any atom is 0.304 e. The average molecular weight is 269 g/mol. The first-order valence-corrected chi connectivity index (χ1v) is 7.38. The Labute approximate surface area is 108 Å². The first-order chi connectivity index (χ1) is 8.34. The normalized spacial score (nSPS) is 15.5. The highest BCUT2D eigenvalue weighted by atomic mass is 32.2. The summed E-state index contributed by atoms with van der Waals surface area (Å²) in [6.45, 7) is 4.20. The van der Waals surface area contributed by atoms with Gasteiger partial charge in [-0.15, -0.1) is 0 Å². The van der Waals surface area contributed by atoms with Crippen molar-refractivity contribution in [2.24, 2.45) is 0 Å². The smallest absolute Gasteiger partial charge is 0.304 e. The molecular formula is C12H19N3O2S. The van der Waals surface area contributed by atoms with E-state index in [9.17, 15) is 8.42 Å². The molecule has 0 saturated heterocycles. The van der Waals surface area contributed by atoms with Crippen LogP contribution in [0.3, 0.4) is 0 Å². The molecule has 5 nitrogen and oxygen atoms in total. The van der Waals surface area contributed by atoms with E-state index in [1.54, 1.807) is 19.2 Å². The fourth-order valence-corrected chi connectivity index (χ4v) is 3.65. The van der Waals surface area contributed by atoms with E-state index in [1.165, 1.54) is 8.61 Å². The van der Waals surface area contributed by atoms with Crippen LogP contribution in [0.1, 0.15) is 19.4 Å². The van der Waals surface area contributed by atoms with Crippen LogP contribution in [-0.2, 0) is 16.6 Å². The van der Waals surface area contributed by atoms with Crippen LogP contribution >= 0.6 is 0 Å². The Morgan fingerprint density at radius 3 is 2.67 bits per heavy atom. The summed E-state index contributed by atoms with van der Waals surface area (Å²) in [5, 5.41) is 0. The Morgan fingerprint density at radius 2 is 2.06 bits per heavy atom. The summed E-state index contributed by atoms with van der Waals surface area (Å²) < 4.78 is 27.7. The molecule has 6 heteroatoms. The van der Waals surface area contributed by atoms with Gasteiger partial charge < -0.3 is 5.73 Å². The Morgan fingerprint density at radius 1 is 1.39 bits per heavy atom. The van der Waals surface area contributed by atoms with Crippen LogP contribution in [0.5, 0.6) is 0 Å². The fourth-order valence-electron chi connectivity index (χ4n) is 2.05. The number of anilines is 2. The summed E-state index contributed by atoms with van der Waals surface area (Å²) in [5.74, 6) is 0. The predicted octanol–water partition coefficient (Wildman–Crippen LogP) is 1.22. The van der Waals surface area contributed by atoms with Crippen molar-refractivity contribution < 1.29 is 8.42 Å². The van der Waals surface area contributed by atoms with E-state index >= 15 is 0 Å². The monoisotopic (exact) mass is 269 g/mol. The van der Waals surface area contributed by atoms with Crippen LogP contribution in [0.25, 0.3) is 0 Å². The molecule has 2 N–H and O–H groups in total. The van der Waals surface area contributed by atoms with Gasteiger partial charge in [-0.05, 0) is 44.0 Å². The standard InChI is InChI=1S/C12H19N3O2S/c1-9(2)14(3)18(16,17)15-7-6-10-8-11(13)4-5-12(10)15/h4-5,8-9H,6-7,13H2,1-3H3. The molecule has 18 heavy (non-hydrogen) atoms. The van der Waals surface area contributed by atoms with Crippen molar-refractivity contribution in [3.8, 4) is 0 Å². The van der Waals surface area contributed by atoms with Crippen LogP contribution in [-0.4, -0.2) is 32.4 Å². The van der Waals surface area contributed by atoms with E-state index < -0.39 is 10.2 Å². The molecule has 0 unspecified atom stereocenters. The molecule has 2 rings (SSSR count). The molecule has 0 atom stereocenters. The van der Waals surface area contributed by atoms with Gasteiger partial charge >= 0.3 is 10.2 Å². The van der Waals surface area contributed by atoms with E-state index in [1.807, 2.05) is 19.9 Å². The first-order valence-electron chi connectivity index (χ1n) is 5.98. The molecule has 0 bridgehead atoms. The van der Waals surface area contributed by atoms with E-state index in [0.717, 1.165) is 11.3 Å². The van der Waals surface area contributed by atoms with Crippen LogP contribution in [0.2, 0.25) is 0 Å². The Bertz CT molecular complexity index is 554. The lowest BCUT2D eigenvalue weighted by Gasteiger charge is -2.28. The van der Waals surface area contributed by atoms with Crippen molar-refractivity contribution in [2.75, 3.05) is 23.6 Å². The summed E-state index contributed by atoms with van der Waals surface area (Å²) in [6, 6.07) is 5.30. The molecule has 0 radical (unpaired) electrons. The molecule has 0 fully saturated rings. The predicted molar refractivity (Wildman–Crippen MR) is 73.7 cm³/mol. The summed E-state index contributed by atoms with van der Waals surface area (Å²) in [6.07, 6.45) is 0.714. The number of nitrogens with zero attached hydrogens (tertiary/aromatic N) is 2. The zero-order valence-corrected chi connectivity index (χ0v) is 11.7. The van der Waals surface area contributed by atoms with Crippen molar-refractivity contribution in [2.45, 2.75) is 26.3 Å². The van der Waals surface area contributed by atoms with Gasteiger partial charge in [0.1, 0.15) is 0 Å². The third-order valence-electron chi connectivity index (χ3n) is 3.33. The minimum absolute atomic E-state index is 0.0622. The highest BCUT2D eigenvalue weighted by molar-refractivity contribution is 7.90. The van der Waals surface area contributed by atoms with E-state index in [0.29, 0.717) is 18.7 Å². The van der Waals surface area contributed by atoms with Gasteiger partial charge in [0.2, 0.25) is 0 Å². The van der Waals surface area contributed by atoms with Crippen molar-refractivity contribution in [1.29, 1.82) is 0 Å². The summed E-state index contributed by atoms with van der Waals surface area (Å²) in [4.78, 5) is 0. The Balaban J connectivity index is 2.40. The maximum atomic E-state index is 12.4. The molecule has 0 saturated carbocycles. The maximum absolute atomic E-state index is 12.4. The van der Waals surface area contributed by atoms with Crippen molar-refractivity contribution in [3.05, 3.63) is 23.8 Å². The largest absolute Gasteiger partial charge is 0.399 e. The van der Waals surface area contributed by atoms with Gasteiger partial charge in [-0.25, -0.2) is 0 Å². The van der Waals surface area contributed by atoms with Crippen LogP contribution in [0.15, 0.2) is 18.2 Å². The zero-order valence-electron chi connectivity index (χ0n) is 10.9. The SMILES string of the molecule is CC(C)N(C)S(=O)(=O)N1CCc2cc(N)ccc21. The molecule has 0 spiro atoms. The van der Waals surface area contributed by atoms with Gasteiger partial charge in [-0.3, -0.25) is 4.31 Å². The first kappa shape index (κ1) is 13.2. The molecular weight excluding hydrogens is 250 g/mol. The lowest BCUT2D eigenvalue weighted by atomic mass is 10.1. The van der Waals surface area contributed by atoms with E-state index in [4.69, 9.17) is 5.73 Å². The number of hydrogen-bond acceptors (Lipinski definition) is 3. The average Bonchev–Trinajstić information content (AvgIpc) is 2.71. The zero-order chi connectivity index (χ0) is 13.5. The quantitative estimate of drug-likeness (QED) is 0.839. The van der Waals surface area contributed by atoms with Gasteiger partial charge in [0.25, 0.3) is 0 Å². The Hall–Kier alpha value is -1.27. The van der Waals surface area contributed by atoms with Crippen molar-refractivity contribution >= 4 is 21.6 Å². The number of hydrogen-bond donors (Lipinski definition) is 1.